The van der Waals surface area contributed by atoms with Gasteiger partial charge in [-0.2, -0.15) is 0 Å². The molecule has 11 nitrogen and oxygen atoms in total. The SMILES string of the molecule is CC1(C)CCNC1=O.CC1(C)CCn2c1nc1cc(Br)ccc1c2=O.CC1CCNC1=O.CC1CCn2c1nc1cc(Br)ccc1c2=O.O=P(Cl)(Cl)Cl. The van der Waals surface area contributed by atoms with Gasteiger partial charge in [-0.05, 0) is 95.8 Å². The lowest BCUT2D eigenvalue weighted by atomic mass is 9.91. The third-order valence-corrected chi connectivity index (χ3v) is 10.6. The summed E-state index contributed by atoms with van der Waals surface area (Å²) in [6, 6.07) is 11.3. The van der Waals surface area contributed by atoms with Crippen LogP contribution < -0.4 is 21.8 Å². The summed E-state index contributed by atoms with van der Waals surface area (Å²) < 4.78 is 15.1. The molecule has 4 aromatic rings. The number of benzene rings is 2. The number of hydrogen-bond donors (Lipinski definition) is 2. The number of carbonyl (C=O) groups excluding carboxylic acids is 2. The number of halogens is 5. The standard InChI is InChI=1S/C13H13BrN2O.C12H11BrN2O.C6H11NO.C5H9NO.Cl3OP/c1-13(2)5-6-16-11(17)9-4-3-8(14)7-10(9)15-12(13)16;1-7-4-5-15-11(7)14-10-6-8(13)2-3-9(10)12(15)16;1-6(2)3-4-7-5(6)8;1-4-2-3-6-5(4)7;1-5(2,3)4/h3-4,7H,5-6H2,1-2H3;2-3,6-7H,4-5H2,1H3;3-4H2,1-2H3,(H,7,8);4H,2-3H2,1H3,(H,6,7);. The van der Waals surface area contributed by atoms with Crippen molar-refractivity contribution in [3.8, 4) is 0 Å². The molecule has 2 unspecified atom stereocenters. The molecule has 0 radical (unpaired) electrons. The van der Waals surface area contributed by atoms with Crippen LogP contribution in [0.2, 0.25) is 0 Å². The van der Waals surface area contributed by atoms with E-state index in [1.807, 2.05) is 61.7 Å². The lowest BCUT2D eigenvalue weighted by Crippen LogP contribution is -2.24. The van der Waals surface area contributed by atoms with Crippen LogP contribution in [-0.2, 0) is 32.7 Å². The van der Waals surface area contributed by atoms with Crippen LogP contribution >= 0.6 is 70.8 Å². The van der Waals surface area contributed by atoms with Gasteiger partial charge in [-0.15, -0.1) is 0 Å². The Morgan fingerprint density at radius 2 is 1.28 bits per heavy atom. The Morgan fingerprint density at radius 1 is 0.736 bits per heavy atom. The summed E-state index contributed by atoms with van der Waals surface area (Å²) in [6.45, 7) is 15.6. The minimum Gasteiger partial charge on any atom is -0.356 e. The predicted molar refractivity (Wildman–Crippen MR) is 221 cm³/mol. The third-order valence-electron chi connectivity index (χ3n) is 9.63. The van der Waals surface area contributed by atoms with E-state index in [9.17, 15) is 23.7 Å². The fourth-order valence-corrected chi connectivity index (χ4v) is 6.93. The van der Waals surface area contributed by atoms with Crippen LogP contribution in [0.4, 0.5) is 0 Å². The van der Waals surface area contributed by atoms with E-state index in [0.29, 0.717) is 16.7 Å². The van der Waals surface area contributed by atoms with E-state index in [1.165, 1.54) is 0 Å². The van der Waals surface area contributed by atoms with E-state index >= 15 is 0 Å². The number of fused-ring (bicyclic) bond motifs is 4. The minimum absolute atomic E-state index is 0.00430. The summed E-state index contributed by atoms with van der Waals surface area (Å²) in [6.07, 6.45) is 3.98. The van der Waals surface area contributed by atoms with Crippen LogP contribution in [0.5, 0.6) is 0 Å². The molecule has 0 aliphatic carbocycles. The number of rotatable bonds is 0. The zero-order chi connectivity index (χ0) is 39.5. The molecule has 2 saturated heterocycles. The monoisotopic (exact) mass is 934 g/mol. The van der Waals surface area contributed by atoms with Crippen molar-refractivity contribution in [2.45, 2.75) is 91.6 Å². The third kappa shape index (κ3) is 11.4. The first kappa shape index (κ1) is 43.4. The van der Waals surface area contributed by atoms with Gasteiger partial charge in [0.15, 0.2) is 0 Å². The number of hydrogen-bond acceptors (Lipinski definition) is 7. The Kier molecular flexibility index (Phi) is 14.5. The Bertz CT molecular complexity index is 2180. The number of aromatic nitrogens is 4. The molecule has 17 heteroatoms. The smallest absolute Gasteiger partial charge is 0.339 e. The number of carbonyl (C=O) groups is 2. The van der Waals surface area contributed by atoms with Gasteiger partial charge in [0, 0.05) is 57.8 Å². The zero-order valence-electron chi connectivity index (χ0n) is 30.4. The first-order chi connectivity index (χ1) is 24.6. The molecule has 2 aromatic heterocycles. The van der Waals surface area contributed by atoms with Gasteiger partial charge in [-0.25, -0.2) is 9.97 Å². The van der Waals surface area contributed by atoms with Crippen LogP contribution in [0.3, 0.4) is 0 Å². The molecule has 2 atom stereocenters. The predicted octanol–water partition coefficient (Wildman–Crippen LogP) is 8.99. The van der Waals surface area contributed by atoms with Crippen molar-refractivity contribution in [1.82, 2.24) is 29.7 Å². The lowest BCUT2D eigenvalue weighted by Gasteiger charge is -2.16. The van der Waals surface area contributed by atoms with Crippen molar-refractivity contribution in [3.63, 3.8) is 0 Å². The molecule has 2 aromatic carbocycles. The van der Waals surface area contributed by atoms with Crippen LogP contribution in [0, 0.1) is 11.3 Å². The first-order valence-corrected chi connectivity index (χ1v) is 23.3. The summed E-state index contributed by atoms with van der Waals surface area (Å²) in [4.78, 5) is 55.0. The van der Waals surface area contributed by atoms with Gasteiger partial charge in [0.1, 0.15) is 11.6 Å². The van der Waals surface area contributed by atoms with E-state index in [1.54, 1.807) is 4.57 Å². The van der Waals surface area contributed by atoms with E-state index in [0.717, 1.165) is 83.5 Å². The van der Waals surface area contributed by atoms with Gasteiger partial charge < -0.3 is 10.6 Å². The average molecular weight is 938 g/mol. The van der Waals surface area contributed by atoms with E-state index in [-0.39, 0.29) is 39.7 Å². The van der Waals surface area contributed by atoms with Gasteiger partial charge >= 0.3 is 5.20 Å². The summed E-state index contributed by atoms with van der Waals surface area (Å²) >= 11 is 20.7. The Hall–Kier alpha value is -2.28. The van der Waals surface area contributed by atoms with Crippen molar-refractivity contribution in [2.75, 3.05) is 13.1 Å². The number of nitrogens with one attached hydrogen (secondary N) is 2. The van der Waals surface area contributed by atoms with E-state index in [4.69, 9.17) is 0 Å². The highest BCUT2D eigenvalue weighted by molar-refractivity contribution is 9.10. The van der Waals surface area contributed by atoms with Crippen LogP contribution in [0.1, 0.15) is 84.8 Å². The quantitative estimate of drug-likeness (QED) is 0.168. The highest BCUT2D eigenvalue weighted by Gasteiger charge is 2.33. The molecule has 2 fully saturated rings. The Labute approximate surface area is 340 Å². The van der Waals surface area contributed by atoms with Gasteiger partial charge in [0.25, 0.3) is 11.1 Å². The fourth-order valence-electron chi connectivity index (χ4n) is 6.24. The van der Waals surface area contributed by atoms with Crippen molar-refractivity contribution >= 4 is 104 Å². The normalized spacial score (nSPS) is 20.3. The van der Waals surface area contributed by atoms with Gasteiger partial charge in [0.2, 0.25) is 11.8 Å². The summed E-state index contributed by atoms with van der Waals surface area (Å²) in [5.41, 5.74) is 1.65. The second-order valence-corrected chi connectivity index (χ2v) is 23.2. The van der Waals surface area contributed by atoms with Crippen LogP contribution in [0.25, 0.3) is 21.8 Å². The number of amides is 2. The minimum atomic E-state index is -3.22. The molecule has 0 spiro atoms. The maximum atomic E-state index is 12.3. The van der Waals surface area contributed by atoms with Gasteiger partial charge in [-0.3, -0.25) is 32.9 Å². The highest BCUT2D eigenvalue weighted by atomic mass is 79.9. The van der Waals surface area contributed by atoms with Crippen molar-refractivity contribution in [2.24, 2.45) is 11.3 Å². The van der Waals surface area contributed by atoms with Crippen molar-refractivity contribution in [3.05, 3.63) is 77.7 Å². The van der Waals surface area contributed by atoms with Crippen LogP contribution in [-0.4, -0.2) is 44.0 Å². The second kappa shape index (κ2) is 17.7. The Morgan fingerprint density at radius 3 is 1.72 bits per heavy atom. The summed E-state index contributed by atoms with van der Waals surface area (Å²) in [5.74, 6) is 2.89. The molecule has 6 heterocycles. The fraction of sp³-hybridized carbons (Fsp3) is 0.500. The topological polar surface area (TPSA) is 145 Å². The Balaban J connectivity index is 0.000000160. The second-order valence-electron chi connectivity index (χ2n) is 14.7. The molecule has 0 saturated carbocycles. The molecule has 8 rings (SSSR count). The van der Waals surface area contributed by atoms with Crippen molar-refractivity contribution < 1.29 is 14.2 Å². The molecule has 2 amide bonds. The maximum absolute atomic E-state index is 12.3. The molecule has 0 bridgehead atoms. The van der Waals surface area contributed by atoms with E-state index in [2.05, 4.69) is 107 Å². The molecule has 4 aliphatic heterocycles. The largest absolute Gasteiger partial charge is 0.356 e. The summed E-state index contributed by atoms with van der Waals surface area (Å²) in [5, 5.41) is 3.69. The molecular formula is C36H44Br2Cl3N6O5P. The lowest BCUT2D eigenvalue weighted by molar-refractivity contribution is -0.126. The summed E-state index contributed by atoms with van der Waals surface area (Å²) in [7, 11) is 0. The molecule has 53 heavy (non-hydrogen) atoms. The van der Waals surface area contributed by atoms with Crippen molar-refractivity contribution in [1.29, 1.82) is 0 Å². The van der Waals surface area contributed by atoms with Gasteiger partial charge in [-0.1, -0.05) is 73.4 Å². The molecule has 288 valence electrons. The average Bonchev–Trinajstić information content (AvgIpc) is 3.79. The van der Waals surface area contributed by atoms with Gasteiger partial charge in [0.05, 0.1) is 21.8 Å². The first-order valence-electron chi connectivity index (χ1n) is 17.2. The number of nitrogens with zero attached hydrogens (tertiary/aromatic N) is 4. The van der Waals surface area contributed by atoms with E-state index < -0.39 is 5.20 Å². The highest BCUT2D eigenvalue weighted by Crippen LogP contribution is 2.61. The molecular weight excluding hydrogens is 894 g/mol. The zero-order valence-corrected chi connectivity index (χ0v) is 36.8. The molecule has 2 N–H and O–H groups in total. The maximum Gasteiger partial charge on any atom is 0.339 e. The molecule has 4 aliphatic rings. The van der Waals surface area contributed by atoms with Crippen LogP contribution in [0.15, 0.2) is 54.9 Å².